The first-order valence-electron chi connectivity index (χ1n) is 8.22. The van der Waals surface area contributed by atoms with Gasteiger partial charge in [0.05, 0.1) is 18.8 Å². The Labute approximate surface area is 132 Å². The molecule has 0 unspecified atom stereocenters. The number of piperidine rings is 1. The number of carbonyl (C=O) groups is 1. The molecule has 0 saturated carbocycles. The van der Waals surface area contributed by atoms with Gasteiger partial charge in [0.2, 0.25) is 0 Å². The molecule has 0 bridgehead atoms. The number of nitrogens with zero attached hydrogens (tertiary/aromatic N) is 3. The van der Waals surface area contributed by atoms with E-state index in [0.717, 1.165) is 13.0 Å². The largest absolute Gasteiger partial charge is 0.378 e. The van der Waals surface area contributed by atoms with Gasteiger partial charge in [-0.3, -0.25) is 9.78 Å². The Balaban J connectivity index is 1.65. The Morgan fingerprint density at radius 2 is 2.14 bits per heavy atom. The Hall–Kier alpha value is -1.46. The number of aromatic nitrogens is 1. The van der Waals surface area contributed by atoms with E-state index in [-0.39, 0.29) is 5.91 Å². The van der Waals surface area contributed by atoms with Crippen molar-refractivity contribution in [2.45, 2.75) is 19.3 Å². The summed E-state index contributed by atoms with van der Waals surface area (Å²) in [6, 6.07) is 2.03. The molecule has 22 heavy (non-hydrogen) atoms. The summed E-state index contributed by atoms with van der Waals surface area (Å²) in [6.45, 7) is 4.96. The Morgan fingerprint density at radius 3 is 2.91 bits per heavy atom. The van der Waals surface area contributed by atoms with Crippen molar-refractivity contribution in [2.75, 3.05) is 46.4 Å². The van der Waals surface area contributed by atoms with Gasteiger partial charge in [0.25, 0.3) is 5.91 Å². The van der Waals surface area contributed by atoms with E-state index in [0.29, 0.717) is 37.8 Å². The second-order valence-corrected chi connectivity index (χ2v) is 6.46. The number of pyridine rings is 1. The van der Waals surface area contributed by atoms with Crippen molar-refractivity contribution < 1.29 is 9.53 Å². The van der Waals surface area contributed by atoms with Crippen molar-refractivity contribution >= 4 is 5.91 Å². The molecular formula is C17H25N3O2. The van der Waals surface area contributed by atoms with Crippen molar-refractivity contribution in [3.63, 3.8) is 0 Å². The van der Waals surface area contributed by atoms with Crippen LogP contribution in [0.4, 0.5) is 0 Å². The summed E-state index contributed by atoms with van der Waals surface area (Å²) >= 11 is 0. The molecule has 3 rings (SSSR count). The van der Waals surface area contributed by atoms with E-state index in [1.807, 2.05) is 17.2 Å². The van der Waals surface area contributed by atoms with E-state index in [9.17, 15) is 4.79 Å². The Kier molecular flexibility index (Phi) is 5.05. The average Bonchev–Trinajstić information content (AvgIpc) is 2.55. The fraction of sp³-hybridized carbons (Fsp3) is 0.647. The minimum absolute atomic E-state index is 0.0819. The number of likely N-dealkylation sites (tertiary alicyclic amines) is 1. The minimum atomic E-state index is 0.0819. The van der Waals surface area contributed by atoms with Crippen molar-refractivity contribution in [3.8, 4) is 0 Å². The van der Waals surface area contributed by atoms with Gasteiger partial charge in [-0.1, -0.05) is 0 Å². The van der Waals surface area contributed by atoms with Crippen molar-refractivity contribution in [3.05, 3.63) is 29.6 Å². The third-order valence-corrected chi connectivity index (χ3v) is 4.59. The highest BCUT2D eigenvalue weighted by atomic mass is 16.5. The maximum atomic E-state index is 12.5. The first kappa shape index (κ1) is 15.4. The summed E-state index contributed by atoms with van der Waals surface area (Å²) in [6.07, 6.45) is 7.15. The summed E-state index contributed by atoms with van der Waals surface area (Å²) in [5.74, 6) is 0.757. The van der Waals surface area contributed by atoms with Crippen LogP contribution in [0.25, 0.3) is 0 Å². The van der Waals surface area contributed by atoms with Crippen LogP contribution < -0.4 is 0 Å². The third kappa shape index (κ3) is 3.84. The lowest BCUT2D eigenvalue weighted by atomic mass is 9.92. The molecule has 2 fully saturated rings. The molecule has 0 spiro atoms. The fourth-order valence-corrected chi connectivity index (χ4v) is 3.44. The van der Waals surface area contributed by atoms with Crippen LogP contribution >= 0.6 is 0 Å². The molecule has 1 aromatic rings. The smallest absolute Gasteiger partial charge is 0.255 e. The zero-order chi connectivity index (χ0) is 15.4. The van der Waals surface area contributed by atoms with Crippen LogP contribution in [0.5, 0.6) is 0 Å². The van der Waals surface area contributed by atoms with Gasteiger partial charge in [0, 0.05) is 32.0 Å². The summed E-state index contributed by atoms with van der Waals surface area (Å²) in [7, 11) is 2.18. The lowest BCUT2D eigenvalue weighted by Crippen LogP contribution is -2.40. The molecule has 5 heteroatoms. The molecule has 5 nitrogen and oxygen atoms in total. The van der Waals surface area contributed by atoms with Crippen molar-refractivity contribution in [2.24, 2.45) is 5.92 Å². The maximum absolute atomic E-state index is 12.5. The number of rotatable bonds is 3. The number of amides is 1. The lowest BCUT2D eigenvalue weighted by molar-refractivity contribution is 0.0302. The number of hydrogen-bond donors (Lipinski definition) is 0. The molecule has 0 aliphatic carbocycles. The van der Waals surface area contributed by atoms with Gasteiger partial charge in [0.1, 0.15) is 0 Å². The predicted octanol–water partition coefficient (Wildman–Crippen LogP) is 1.44. The first-order chi connectivity index (χ1) is 10.7. The molecule has 0 N–H and O–H groups in total. The zero-order valence-electron chi connectivity index (χ0n) is 13.3. The van der Waals surface area contributed by atoms with E-state index in [2.05, 4.69) is 16.9 Å². The molecule has 0 aromatic carbocycles. The Morgan fingerprint density at radius 1 is 1.32 bits per heavy atom. The second kappa shape index (κ2) is 7.20. The number of carbonyl (C=O) groups excluding carboxylic acids is 1. The summed E-state index contributed by atoms with van der Waals surface area (Å²) in [5, 5.41) is 0. The van der Waals surface area contributed by atoms with Gasteiger partial charge in [-0.05, 0) is 50.4 Å². The van der Waals surface area contributed by atoms with E-state index in [1.165, 1.54) is 24.9 Å². The highest BCUT2D eigenvalue weighted by molar-refractivity contribution is 5.94. The Bertz CT molecular complexity index is 514. The van der Waals surface area contributed by atoms with Gasteiger partial charge in [-0.2, -0.15) is 0 Å². The topological polar surface area (TPSA) is 45.7 Å². The van der Waals surface area contributed by atoms with E-state index >= 15 is 0 Å². The predicted molar refractivity (Wildman–Crippen MR) is 84.9 cm³/mol. The standard InChI is InChI=1S/C17H25N3O2/c1-19-4-2-3-14(13-19)9-15-10-16(12-18-11-15)17(21)20-5-7-22-8-6-20/h10-12,14H,2-9,13H2,1H3/t14-/m1/s1. The van der Waals surface area contributed by atoms with Crippen LogP contribution in [-0.2, 0) is 11.2 Å². The number of morpholine rings is 1. The van der Waals surface area contributed by atoms with Crippen LogP contribution in [0.1, 0.15) is 28.8 Å². The third-order valence-electron chi connectivity index (χ3n) is 4.59. The van der Waals surface area contributed by atoms with Crippen LogP contribution in [0, 0.1) is 5.92 Å². The van der Waals surface area contributed by atoms with Gasteiger partial charge in [0.15, 0.2) is 0 Å². The highest BCUT2D eigenvalue weighted by Gasteiger charge is 2.21. The zero-order valence-corrected chi connectivity index (χ0v) is 13.3. The van der Waals surface area contributed by atoms with Crippen LogP contribution in [0.15, 0.2) is 18.5 Å². The summed E-state index contributed by atoms with van der Waals surface area (Å²) in [4.78, 5) is 21.1. The maximum Gasteiger partial charge on any atom is 0.255 e. The van der Waals surface area contributed by atoms with E-state index < -0.39 is 0 Å². The fourth-order valence-electron chi connectivity index (χ4n) is 3.44. The van der Waals surface area contributed by atoms with Gasteiger partial charge in [-0.15, -0.1) is 0 Å². The van der Waals surface area contributed by atoms with E-state index in [1.54, 1.807) is 6.20 Å². The minimum Gasteiger partial charge on any atom is -0.378 e. The molecule has 2 aliphatic rings. The average molecular weight is 303 g/mol. The van der Waals surface area contributed by atoms with Crippen LogP contribution in [0.2, 0.25) is 0 Å². The van der Waals surface area contributed by atoms with Crippen molar-refractivity contribution in [1.82, 2.24) is 14.8 Å². The molecule has 2 aliphatic heterocycles. The first-order valence-corrected chi connectivity index (χ1v) is 8.22. The second-order valence-electron chi connectivity index (χ2n) is 6.46. The summed E-state index contributed by atoms with van der Waals surface area (Å²) in [5.41, 5.74) is 1.89. The molecular weight excluding hydrogens is 278 g/mol. The molecule has 0 radical (unpaired) electrons. The molecule has 1 aromatic heterocycles. The van der Waals surface area contributed by atoms with Crippen molar-refractivity contribution in [1.29, 1.82) is 0 Å². The molecule has 1 amide bonds. The SMILES string of the molecule is CN1CCC[C@H](Cc2cncc(C(=O)N3CCOCC3)c2)C1. The van der Waals surface area contributed by atoms with Crippen LogP contribution in [-0.4, -0.2) is 67.1 Å². The summed E-state index contributed by atoms with van der Waals surface area (Å²) < 4.78 is 5.31. The van der Waals surface area contributed by atoms with Crippen LogP contribution in [0.3, 0.4) is 0 Å². The van der Waals surface area contributed by atoms with Gasteiger partial charge in [-0.25, -0.2) is 0 Å². The monoisotopic (exact) mass is 303 g/mol. The molecule has 120 valence electrons. The lowest BCUT2D eigenvalue weighted by Gasteiger charge is -2.30. The number of hydrogen-bond acceptors (Lipinski definition) is 4. The highest BCUT2D eigenvalue weighted by Crippen LogP contribution is 2.20. The normalized spacial score (nSPS) is 23.5. The molecule has 1 atom stereocenters. The van der Waals surface area contributed by atoms with Gasteiger partial charge >= 0.3 is 0 Å². The molecule has 2 saturated heterocycles. The quantitative estimate of drug-likeness (QED) is 0.847. The van der Waals surface area contributed by atoms with E-state index in [4.69, 9.17) is 4.74 Å². The molecule has 3 heterocycles. The van der Waals surface area contributed by atoms with Gasteiger partial charge < -0.3 is 14.5 Å². The number of ether oxygens (including phenoxy) is 1.